The van der Waals surface area contributed by atoms with Crippen LogP contribution in [0.3, 0.4) is 0 Å². The summed E-state index contributed by atoms with van der Waals surface area (Å²) >= 11 is 0. The van der Waals surface area contributed by atoms with Gasteiger partial charge in [-0.05, 0) is 31.0 Å². The van der Waals surface area contributed by atoms with E-state index in [9.17, 15) is 10.1 Å². The Kier molecular flexibility index (Phi) is 3.79. The first-order valence-electron chi connectivity index (χ1n) is 6.04. The normalized spacial score (nSPS) is 10.2. The van der Waals surface area contributed by atoms with Crippen LogP contribution in [0.15, 0.2) is 24.5 Å². The molecule has 1 aromatic carbocycles. The Balaban J connectivity index is 2.48. The molecule has 0 aliphatic heterocycles. The molecule has 0 saturated heterocycles. The van der Waals surface area contributed by atoms with Crippen molar-refractivity contribution in [2.75, 3.05) is 17.7 Å². The van der Waals surface area contributed by atoms with Crippen LogP contribution >= 0.6 is 0 Å². The van der Waals surface area contributed by atoms with Gasteiger partial charge in [0.2, 0.25) is 11.6 Å². The summed E-state index contributed by atoms with van der Waals surface area (Å²) in [7, 11) is 1.58. The summed E-state index contributed by atoms with van der Waals surface area (Å²) in [6, 6.07) is 5.85. The number of aromatic nitrogens is 2. The van der Waals surface area contributed by atoms with Crippen molar-refractivity contribution in [2.24, 2.45) is 0 Å². The quantitative estimate of drug-likeness (QED) is 0.657. The zero-order chi connectivity index (χ0) is 14.7. The number of hydrogen-bond acceptors (Lipinski definition) is 6. The molecule has 1 heterocycles. The molecule has 0 bridgehead atoms. The molecule has 1 aromatic heterocycles. The fourth-order valence-corrected chi connectivity index (χ4v) is 1.82. The molecule has 2 aromatic rings. The SMILES string of the molecule is CNc1ncnc(Nc2cc(C)ccc2C)c1[N+](=O)[O-]. The fraction of sp³-hybridized carbons (Fsp3) is 0.231. The first-order chi connectivity index (χ1) is 9.52. The van der Waals surface area contributed by atoms with Crippen molar-refractivity contribution in [3.63, 3.8) is 0 Å². The molecular formula is C13H15N5O2. The summed E-state index contributed by atoms with van der Waals surface area (Å²) in [5.41, 5.74) is 2.66. The van der Waals surface area contributed by atoms with Gasteiger partial charge in [-0.2, -0.15) is 0 Å². The summed E-state index contributed by atoms with van der Waals surface area (Å²) in [5, 5.41) is 16.9. The lowest BCUT2D eigenvalue weighted by molar-refractivity contribution is -0.383. The van der Waals surface area contributed by atoms with Crippen molar-refractivity contribution in [1.82, 2.24) is 9.97 Å². The van der Waals surface area contributed by atoms with E-state index < -0.39 is 4.92 Å². The van der Waals surface area contributed by atoms with Crippen LogP contribution in [0, 0.1) is 24.0 Å². The molecule has 2 rings (SSSR count). The number of hydrogen-bond donors (Lipinski definition) is 2. The second-order valence-corrected chi connectivity index (χ2v) is 4.37. The van der Waals surface area contributed by atoms with Crippen LogP contribution in [-0.4, -0.2) is 21.9 Å². The van der Waals surface area contributed by atoms with Crippen LogP contribution in [0.2, 0.25) is 0 Å². The van der Waals surface area contributed by atoms with Gasteiger partial charge in [0, 0.05) is 12.7 Å². The largest absolute Gasteiger partial charge is 0.367 e. The van der Waals surface area contributed by atoms with Gasteiger partial charge in [-0.3, -0.25) is 10.1 Å². The minimum atomic E-state index is -0.501. The fourth-order valence-electron chi connectivity index (χ4n) is 1.82. The van der Waals surface area contributed by atoms with E-state index in [0.29, 0.717) is 0 Å². The van der Waals surface area contributed by atoms with Gasteiger partial charge in [0.1, 0.15) is 6.33 Å². The molecule has 0 aliphatic rings. The van der Waals surface area contributed by atoms with Gasteiger partial charge in [0.15, 0.2) is 0 Å². The average molecular weight is 273 g/mol. The zero-order valence-electron chi connectivity index (χ0n) is 11.5. The van der Waals surface area contributed by atoms with Crippen molar-refractivity contribution in [3.05, 3.63) is 45.8 Å². The molecule has 20 heavy (non-hydrogen) atoms. The number of aryl methyl sites for hydroxylation is 2. The molecule has 0 spiro atoms. The van der Waals surface area contributed by atoms with Crippen LogP contribution in [0.4, 0.5) is 23.0 Å². The van der Waals surface area contributed by atoms with Crippen LogP contribution in [-0.2, 0) is 0 Å². The van der Waals surface area contributed by atoms with Crippen molar-refractivity contribution < 1.29 is 4.92 Å². The summed E-state index contributed by atoms with van der Waals surface area (Å²) in [5.74, 6) is 0.348. The highest BCUT2D eigenvalue weighted by Gasteiger charge is 2.22. The predicted molar refractivity (Wildman–Crippen MR) is 77.4 cm³/mol. The first-order valence-corrected chi connectivity index (χ1v) is 6.04. The molecular weight excluding hydrogens is 258 g/mol. The molecule has 7 heteroatoms. The van der Waals surface area contributed by atoms with Crippen LogP contribution in [0.25, 0.3) is 0 Å². The lowest BCUT2D eigenvalue weighted by Crippen LogP contribution is -2.06. The van der Waals surface area contributed by atoms with Crippen molar-refractivity contribution in [2.45, 2.75) is 13.8 Å². The number of nitro groups is 1. The molecule has 0 amide bonds. The van der Waals surface area contributed by atoms with Crippen LogP contribution in [0.1, 0.15) is 11.1 Å². The monoisotopic (exact) mass is 273 g/mol. The second-order valence-electron chi connectivity index (χ2n) is 4.37. The Morgan fingerprint density at radius 1 is 1.20 bits per heavy atom. The topological polar surface area (TPSA) is 93.0 Å². The van der Waals surface area contributed by atoms with Gasteiger partial charge in [0.25, 0.3) is 0 Å². The molecule has 0 aliphatic carbocycles. The molecule has 0 saturated carbocycles. The third-order valence-electron chi connectivity index (χ3n) is 2.89. The van der Waals surface area contributed by atoms with E-state index in [0.717, 1.165) is 16.8 Å². The first kappa shape index (κ1) is 13.7. The number of benzene rings is 1. The zero-order valence-corrected chi connectivity index (χ0v) is 11.5. The molecule has 2 N–H and O–H groups in total. The van der Waals surface area contributed by atoms with Gasteiger partial charge < -0.3 is 10.6 Å². The highest BCUT2D eigenvalue weighted by atomic mass is 16.6. The Hall–Kier alpha value is -2.70. The highest BCUT2D eigenvalue weighted by Crippen LogP contribution is 2.31. The number of nitrogens with zero attached hydrogens (tertiary/aromatic N) is 3. The van der Waals surface area contributed by atoms with E-state index in [2.05, 4.69) is 20.6 Å². The summed E-state index contributed by atoms with van der Waals surface area (Å²) < 4.78 is 0. The van der Waals surface area contributed by atoms with E-state index in [1.807, 2.05) is 32.0 Å². The summed E-state index contributed by atoms with van der Waals surface area (Å²) in [4.78, 5) is 18.5. The lowest BCUT2D eigenvalue weighted by atomic mass is 10.1. The molecule has 7 nitrogen and oxygen atoms in total. The maximum absolute atomic E-state index is 11.2. The van der Waals surface area contributed by atoms with Gasteiger partial charge in [-0.15, -0.1) is 0 Å². The van der Waals surface area contributed by atoms with E-state index in [4.69, 9.17) is 0 Å². The van der Waals surface area contributed by atoms with Crippen LogP contribution < -0.4 is 10.6 Å². The summed E-state index contributed by atoms with van der Waals surface area (Å²) in [6.07, 6.45) is 1.28. The Bertz CT molecular complexity index is 657. The maximum Gasteiger partial charge on any atom is 0.353 e. The molecule has 0 unspecified atom stereocenters. The number of nitrogens with one attached hydrogen (secondary N) is 2. The molecule has 0 atom stereocenters. The average Bonchev–Trinajstić information content (AvgIpc) is 2.42. The number of anilines is 3. The van der Waals surface area contributed by atoms with Gasteiger partial charge in [0.05, 0.1) is 4.92 Å². The summed E-state index contributed by atoms with van der Waals surface area (Å²) in [6.45, 7) is 3.88. The molecule has 0 radical (unpaired) electrons. The standard InChI is InChI=1S/C13H15N5O2/c1-8-4-5-9(2)10(6-8)17-13-11(18(19)20)12(14-3)15-7-16-13/h4-7H,1-3H3,(H2,14,15,16,17). The van der Waals surface area contributed by atoms with E-state index in [1.165, 1.54) is 6.33 Å². The third kappa shape index (κ3) is 2.66. The van der Waals surface area contributed by atoms with Crippen molar-refractivity contribution >= 4 is 23.0 Å². The smallest absolute Gasteiger partial charge is 0.353 e. The van der Waals surface area contributed by atoms with Crippen molar-refractivity contribution in [1.29, 1.82) is 0 Å². The maximum atomic E-state index is 11.2. The van der Waals surface area contributed by atoms with E-state index in [-0.39, 0.29) is 17.3 Å². The Morgan fingerprint density at radius 3 is 2.55 bits per heavy atom. The lowest BCUT2D eigenvalue weighted by Gasteiger charge is -2.11. The highest BCUT2D eigenvalue weighted by molar-refractivity contribution is 5.74. The Labute approximate surface area is 116 Å². The predicted octanol–water partition coefficient (Wildman–Crippen LogP) is 2.79. The minimum absolute atomic E-state index is 0.169. The van der Waals surface area contributed by atoms with E-state index >= 15 is 0 Å². The molecule has 0 fully saturated rings. The van der Waals surface area contributed by atoms with Gasteiger partial charge in [-0.25, -0.2) is 9.97 Å². The minimum Gasteiger partial charge on any atom is -0.367 e. The van der Waals surface area contributed by atoms with Crippen LogP contribution in [0.5, 0.6) is 0 Å². The Morgan fingerprint density at radius 2 is 1.90 bits per heavy atom. The second kappa shape index (κ2) is 5.52. The number of rotatable bonds is 4. The molecule has 104 valence electrons. The van der Waals surface area contributed by atoms with Crippen molar-refractivity contribution in [3.8, 4) is 0 Å². The van der Waals surface area contributed by atoms with Gasteiger partial charge in [-0.1, -0.05) is 12.1 Å². The third-order valence-corrected chi connectivity index (χ3v) is 2.89. The van der Waals surface area contributed by atoms with Gasteiger partial charge >= 0.3 is 5.69 Å². The van der Waals surface area contributed by atoms with E-state index in [1.54, 1.807) is 7.05 Å².